The van der Waals surface area contributed by atoms with Crippen molar-refractivity contribution in [2.45, 2.75) is 26.3 Å². The van der Waals surface area contributed by atoms with Crippen molar-refractivity contribution in [2.75, 3.05) is 6.54 Å². The number of para-hydroxylation sites is 1. The summed E-state index contributed by atoms with van der Waals surface area (Å²) < 4.78 is 0. The summed E-state index contributed by atoms with van der Waals surface area (Å²) in [5.41, 5.74) is 5.56. The van der Waals surface area contributed by atoms with E-state index in [1.54, 1.807) is 23.2 Å². The van der Waals surface area contributed by atoms with Gasteiger partial charge in [-0.2, -0.15) is 9.59 Å². The van der Waals surface area contributed by atoms with Crippen molar-refractivity contribution >= 4 is 34.5 Å². The van der Waals surface area contributed by atoms with E-state index < -0.39 is 17.7 Å². The largest absolute Gasteiger partial charge is 0.507 e. The second-order valence-corrected chi connectivity index (χ2v) is 8.75. The molecule has 1 unspecified atom stereocenters. The van der Waals surface area contributed by atoms with Crippen molar-refractivity contribution in [2.24, 2.45) is 0 Å². The van der Waals surface area contributed by atoms with E-state index in [2.05, 4.69) is 16.0 Å². The van der Waals surface area contributed by atoms with Gasteiger partial charge in [-0.25, -0.2) is 0 Å². The number of hydrogen-bond acceptors (Lipinski definition) is 6. The topological polar surface area (TPSA) is 120 Å². The van der Waals surface area contributed by atoms with Crippen molar-refractivity contribution < 1.29 is 24.3 Å². The Labute approximate surface area is 213 Å². The van der Waals surface area contributed by atoms with E-state index in [-0.39, 0.29) is 17.5 Å². The standard InChI is InChI=1S/C28H25N3O3.CO2/c1-17-9-11-19(12-10-17)25-24(26(32)20-6-5-14-29-16-20)27(33)28(34)31(25)15-13-21-18(2)30-23-8-4-3-7-22(21)23;2-1-3/h3-12,14,16,25,30,32H,13,15H2,1-2H3;. The highest BCUT2D eigenvalue weighted by molar-refractivity contribution is 6.46. The fourth-order valence-corrected chi connectivity index (χ4v) is 4.75. The lowest BCUT2D eigenvalue weighted by Crippen LogP contribution is -2.31. The Bertz CT molecular complexity index is 1510. The van der Waals surface area contributed by atoms with Crippen LogP contribution < -0.4 is 0 Å². The lowest BCUT2D eigenvalue weighted by atomic mass is 9.95. The molecule has 1 aliphatic heterocycles. The fraction of sp³-hybridized carbons (Fsp3) is 0.172. The molecule has 5 rings (SSSR count). The number of H-pyrrole nitrogens is 1. The van der Waals surface area contributed by atoms with Gasteiger partial charge in [0.05, 0.1) is 11.6 Å². The molecule has 1 amide bonds. The number of Topliss-reactive ketones (excluding diaryl/α,β-unsaturated/α-hetero) is 1. The maximum Gasteiger partial charge on any atom is 0.373 e. The van der Waals surface area contributed by atoms with Gasteiger partial charge >= 0.3 is 6.15 Å². The van der Waals surface area contributed by atoms with Crippen molar-refractivity contribution in [1.29, 1.82) is 0 Å². The van der Waals surface area contributed by atoms with Crippen LogP contribution >= 0.6 is 0 Å². The quantitative estimate of drug-likeness (QED) is 0.242. The molecular formula is C29H25N3O5. The monoisotopic (exact) mass is 495 g/mol. The number of fused-ring (bicyclic) bond motifs is 1. The number of rotatable bonds is 5. The lowest BCUT2D eigenvalue weighted by Gasteiger charge is -2.25. The van der Waals surface area contributed by atoms with E-state index in [0.29, 0.717) is 18.5 Å². The molecule has 0 bridgehead atoms. The van der Waals surface area contributed by atoms with Crippen LogP contribution in [0.4, 0.5) is 0 Å². The smallest absolute Gasteiger partial charge is 0.373 e. The van der Waals surface area contributed by atoms with E-state index in [0.717, 1.165) is 33.3 Å². The maximum atomic E-state index is 13.2. The first-order valence-electron chi connectivity index (χ1n) is 11.7. The molecule has 3 heterocycles. The van der Waals surface area contributed by atoms with Gasteiger partial charge in [-0.1, -0.05) is 48.0 Å². The molecule has 1 aliphatic rings. The third-order valence-electron chi connectivity index (χ3n) is 6.50. The van der Waals surface area contributed by atoms with Gasteiger partial charge in [0, 0.05) is 41.1 Å². The number of likely N-dealkylation sites (tertiary alicyclic amines) is 1. The van der Waals surface area contributed by atoms with Gasteiger partial charge in [0.25, 0.3) is 11.7 Å². The molecule has 1 atom stereocenters. The van der Waals surface area contributed by atoms with Crippen LogP contribution in [0.1, 0.15) is 34.0 Å². The zero-order valence-corrected chi connectivity index (χ0v) is 20.4. The van der Waals surface area contributed by atoms with Gasteiger partial charge in [-0.05, 0) is 49.6 Å². The molecule has 4 aromatic rings. The number of benzene rings is 2. The van der Waals surface area contributed by atoms with Gasteiger partial charge in [0.15, 0.2) is 0 Å². The molecule has 8 nitrogen and oxygen atoms in total. The van der Waals surface area contributed by atoms with Crippen molar-refractivity contribution in [1.82, 2.24) is 14.9 Å². The summed E-state index contributed by atoms with van der Waals surface area (Å²) in [7, 11) is 0. The molecule has 1 fully saturated rings. The Morgan fingerprint density at radius 2 is 1.73 bits per heavy atom. The first-order chi connectivity index (χ1) is 17.9. The molecular weight excluding hydrogens is 470 g/mol. The zero-order chi connectivity index (χ0) is 26.5. The molecule has 0 radical (unpaired) electrons. The van der Waals surface area contributed by atoms with E-state index in [1.807, 2.05) is 56.3 Å². The third kappa shape index (κ3) is 4.96. The van der Waals surface area contributed by atoms with Crippen molar-refractivity contribution in [3.05, 3.63) is 107 Å². The second kappa shape index (κ2) is 10.8. The van der Waals surface area contributed by atoms with Crippen LogP contribution in [0.15, 0.2) is 78.6 Å². The third-order valence-corrected chi connectivity index (χ3v) is 6.50. The Morgan fingerprint density at radius 3 is 2.41 bits per heavy atom. The summed E-state index contributed by atoms with van der Waals surface area (Å²) in [6.45, 7) is 4.34. The number of nitrogens with zero attached hydrogens (tertiary/aromatic N) is 2. The van der Waals surface area contributed by atoms with Gasteiger partial charge < -0.3 is 15.0 Å². The number of ketones is 1. The summed E-state index contributed by atoms with van der Waals surface area (Å²) >= 11 is 0. The first kappa shape index (κ1) is 25.3. The molecule has 2 aromatic carbocycles. The highest BCUT2D eigenvalue weighted by Crippen LogP contribution is 2.39. The molecule has 8 heteroatoms. The number of carbonyl (C=O) groups is 2. The van der Waals surface area contributed by atoms with Gasteiger partial charge in [0.2, 0.25) is 0 Å². The number of hydrogen-bond donors (Lipinski definition) is 2. The fourth-order valence-electron chi connectivity index (χ4n) is 4.75. The number of pyridine rings is 1. The Morgan fingerprint density at radius 1 is 1.03 bits per heavy atom. The van der Waals surface area contributed by atoms with Crippen molar-refractivity contribution in [3.63, 3.8) is 0 Å². The number of aromatic amines is 1. The molecule has 186 valence electrons. The predicted molar refractivity (Wildman–Crippen MR) is 136 cm³/mol. The maximum absolute atomic E-state index is 13.2. The molecule has 2 N–H and O–H groups in total. The highest BCUT2D eigenvalue weighted by Gasteiger charge is 2.45. The minimum atomic E-state index is -0.678. The average molecular weight is 496 g/mol. The summed E-state index contributed by atoms with van der Waals surface area (Å²) in [5, 5.41) is 12.2. The van der Waals surface area contributed by atoms with Crippen LogP contribution in [0.5, 0.6) is 0 Å². The van der Waals surface area contributed by atoms with Gasteiger partial charge in [0.1, 0.15) is 5.76 Å². The SMILES string of the molecule is Cc1ccc(C2C(=C(O)c3cccnc3)C(=O)C(=O)N2CCc2c(C)[nH]c3ccccc23)cc1.O=C=O. The molecule has 0 saturated carbocycles. The Balaban J connectivity index is 0.00000102. The zero-order valence-electron chi connectivity index (χ0n) is 20.4. The summed E-state index contributed by atoms with van der Waals surface area (Å²) in [5.74, 6) is -1.49. The number of amides is 1. The van der Waals surface area contributed by atoms with Crippen LogP contribution in [-0.2, 0) is 25.6 Å². The second-order valence-electron chi connectivity index (χ2n) is 8.75. The van der Waals surface area contributed by atoms with Crippen LogP contribution in [0.2, 0.25) is 0 Å². The Hall–Kier alpha value is -4.81. The molecule has 1 saturated heterocycles. The summed E-state index contributed by atoms with van der Waals surface area (Å²) in [4.78, 5) is 51.7. The number of nitrogens with one attached hydrogen (secondary N) is 1. The van der Waals surface area contributed by atoms with Gasteiger partial charge in [-0.15, -0.1) is 0 Å². The molecule has 0 aliphatic carbocycles. The van der Waals surface area contributed by atoms with E-state index >= 15 is 0 Å². The average Bonchev–Trinajstić information content (AvgIpc) is 3.36. The van der Waals surface area contributed by atoms with E-state index in [1.165, 1.54) is 6.20 Å². The number of aromatic nitrogens is 2. The summed E-state index contributed by atoms with van der Waals surface area (Å²) in [6, 6.07) is 18.5. The highest BCUT2D eigenvalue weighted by atomic mass is 16.3. The minimum absolute atomic E-state index is 0.0949. The minimum Gasteiger partial charge on any atom is -0.507 e. The molecule has 2 aromatic heterocycles. The van der Waals surface area contributed by atoms with Crippen LogP contribution in [0.3, 0.4) is 0 Å². The number of aliphatic hydroxyl groups is 1. The number of aryl methyl sites for hydroxylation is 2. The lowest BCUT2D eigenvalue weighted by molar-refractivity contribution is -0.191. The Kier molecular flexibility index (Phi) is 7.41. The molecule has 0 spiro atoms. The van der Waals surface area contributed by atoms with Crippen LogP contribution in [0, 0.1) is 13.8 Å². The first-order valence-corrected chi connectivity index (χ1v) is 11.7. The normalized spacial score (nSPS) is 16.4. The van der Waals surface area contributed by atoms with E-state index in [9.17, 15) is 14.7 Å². The van der Waals surface area contributed by atoms with Crippen LogP contribution in [0.25, 0.3) is 16.7 Å². The van der Waals surface area contributed by atoms with Crippen LogP contribution in [-0.4, -0.2) is 44.4 Å². The molecule has 37 heavy (non-hydrogen) atoms. The number of aliphatic hydroxyl groups excluding tert-OH is 1. The summed E-state index contributed by atoms with van der Waals surface area (Å²) in [6.07, 6.45) is 3.92. The number of carbonyl (C=O) groups excluding carboxylic acids is 4. The van der Waals surface area contributed by atoms with Gasteiger partial charge in [-0.3, -0.25) is 14.6 Å². The van der Waals surface area contributed by atoms with E-state index in [4.69, 9.17) is 9.59 Å². The van der Waals surface area contributed by atoms with Crippen molar-refractivity contribution in [3.8, 4) is 0 Å². The predicted octanol–water partition coefficient (Wildman–Crippen LogP) is 4.26.